The normalized spacial score (nSPS) is 10.2. The Kier molecular flexibility index (Phi) is 4.16. The molecule has 0 N–H and O–H groups in total. The molecule has 4 nitrogen and oxygen atoms in total. The first-order chi connectivity index (χ1) is 9.06. The first-order valence-corrected chi connectivity index (χ1v) is 6.44. The highest BCUT2D eigenvalue weighted by Crippen LogP contribution is 2.12. The van der Waals surface area contributed by atoms with Crippen molar-refractivity contribution in [2.75, 3.05) is 7.05 Å². The lowest BCUT2D eigenvalue weighted by atomic mass is 10.2. The third-order valence-corrected chi connectivity index (χ3v) is 3.16. The number of carbonyl (C=O) groups excluding carboxylic acids is 1. The second-order valence-corrected chi connectivity index (χ2v) is 5.05. The molecule has 0 bridgehead atoms. The maximum absolute atomic E-state index is 12.1. The predicted octanol–water partition coefficient (Wildman–Crippen LogP) is 2.67. The summed E-state index contributed by atoms with van der Waals surface area (Å²) in [6.45, 7) is 0.491. The van der Waals surface area contributed by atoms with Crippen LogP contribution in [-0.4, -0.2) is 17.9 Å². The number of benzene rings is 1. The van der Waals surface area contributed by atoms with Gasteiger partial charge in [0.2, 0.25) is 0 Å². The zero-order chi connectivity index (χ0) is 13.8. The van der Waals surface area contributed by atoms with Gasteiger partial charge in [0.05, 0.1) is 5.56 Å². The summed E-state index contributed by atoms with van der Waals surface area (Å²) in [5.74, 6) is -0.188. The Bertz CT molecular complexity index is 613. The van der Waals surface area contributed by atoms with Gasteiger partial charge in [-0.2, -0.15) is 0 Å². The van der Waals surface area contributed by atoms with E-state index in [1.165, 1.54) is 18.4 Å². The van der Waals surface area contributed by atoms with E-state index >= 15 is 0 Å². The maximum Gasteiger partial charge on any atom is 0.335 e. The van der Waals surface area contributed by atoms with Gasteiger partial charge in [0, 0.05) is 24.1 Å². The molecule has 5 heteroatoms. The minimum atomic E-state index is -0.466. The number of amides is 1. The van der Waals surface area contributed by atoms with E-state index in [1.807, 2.05) is 24.3 Å². The zero-order valence-electron chi connectivity index (χ0n) is 10.3. The fourth-order valence-corrected chi connectivity index (χ4v) is 1.90. The number of hydrogen-bond acceptors (Lipinski definition) is 3. The van der Waals surface area contributed by atoms with Crippen molar-refractivity contribution in [2.45, 2.75) is 6.54 Å². The topological polar surface area (TPSA) is 50.5 Å². The summed E-state index contributed by atoms with van der Waals surface area (Å²) < 4.78 is 5.68. The van der Waals surface area contributed by atoms with Gasteiger partial charge in [-0.1, -0.05) is 28.1 Å². The molecule has 1 heterocycles. The minimum absolute atomic E-state index is 0.188. The summed E-state index contributed by atoms with van der Waals surface area (Å²) >= 11 is 3.36. The van der Waals surface area contributed by atoms with Gasteiger partial charge in [0.25, 0.3) is 5.91 Å². The molecule has 1 aromatic heterocycles. The van der Waals surface area contributed by atoms with Crippen LogP contribution >= 0.6 is 15.9 Å². The van der Waals surface area contributed by atoms with Crippen LogP contribution in [0.5, 0.6) is 0 Å². The highest BCUT2D eigenvalue weighted by molar-refractivity contribution is 9.10. The molecular weight excluding hydrogens is 310 g/mol. The molecule has 0 aliphatic carbocycles. The summed E-state index contributed by atoms with van der Waals surface area (Å²) in [7, 11) is 1.70. The number of hydrogen-bond donors (Lipinski definition) is 0. The van der Waals surface area contributed by atoms with E-state index in [4.69, 9.17) is 0 Å². The van der Waals surface area contributed by atoms with Crippen LogP contribution in [0, 0.1) is 0 Å². The SMILES string of the molecule is CN(Cc1ccc(Br)cc1)C(=O)c1ccc(=O)oc1. The number of carbonyl (C=O) groups is 1. The third kappa shape index (κ3) is 3.54. The van der Waals surface area contributed by atoms with Crippen LogP contribution in [0.25, 0.3) is 0 Å². The van der Waals surface area contributed by atoms with E-state index < -0.39 is 5.63 Å². The smallest absolute Gasteiger partial charge is 0.335 e. The van der Waals surface area contributed by atoms with Crippen molar-refractivity contribution < 1.29 is 9.21 Å². The Balaban J connectivity index is 2.09. The van der Waals surface area contributed by atoms with Gasteiger partial charge < -0.3 is 9.32 Å². The quantitative estimate of drug-likeness (QED) is 0.873. The Morgan fingerprint density at radius 2 is 1.89 bits per heavy atom. The molecule has 2 rings (SSSR count). The number of halogens is 1. The fourth-order valence-electron chi connectivity index (χ4n) is 1.64. The van der Waals surface area contributed by atoms with E-state index in [0.717, 1.165) is 10.0 Å². The van der Waals surface area contributed by atoms with Crippen molar-refractivity contribution >= 4 is 21.8 Å². The van der Waals surface area contributed by atoms with Crippen molar-refractivity contribution in [3.05, 3.63) is 68.7 Å². The molecule has 0 spiro atoms. The second kappa shape index (κ2) is 5.84. The van der Waals surface area contributed by atoms with E-state index in [9.17, 15) is 9.59 Å². The molecule has 0 aliphatic heterocycles. The first-order valence-electron chi connectivity index (χ1n) is 5.65. The molecule has 0 radical (unpaired) electrons. The van der Waals surface area contributed by atoms with Crippen molar-refractivity contribution in [2.24, 2.45) is 0 Å². The van der Waals surface area contributed by atoms with Gasteiger partial charge in [-0.25, -0.2) is 4.79 Å². The molecule has 0 fully saturated rings. The highest BCUT2D eigenvalue weighted by atomic mass is 79.9. The average molecular weight is 322 g/mol. The summed E-state index contributed by atoms with van der Waals surface area (Å²) in [5, 5.41) is 0. The Hall–Kier alpha value is -1.88. The minimum Gasteiger partial charge on any atom is -0.430 e. The Morgan fingerprint density at radius 1 is 1.21 bits per heavy atom. The highest BCUT2D eigenvalue weighted by Gasteiger charge is 2.12. The monoisotopic (exact) mass is 321 g/mol. The molecule has 0 aliphatic rings. The van der Waals surface area contributed by atoms with Crippen LogP contribution < -0.4 is 5.63 Å². The third-order valence-electron chi connectivity index (χ3n) is 2.63. The maximum atomic E-state index is 12.1. The van der Waals surface area contributed by atoms with Gasteiger partial charge in [0.1, 0.15) is 6.26 Å². The number of nitrogens with zero attached hydrogens (tertiary/aromatic N) is 1. The van der Waals surface area contributed by atoms with E-state index in [2.05, 4.69) is 20.3 Å². The van der Waals surface area contributed by atoms with E-state index in [0.29, 0.717) is 12.1 Å². The van der Waals surface area contributed by atoms with Gasteiger partial charge >= 0.3 is 5.63 Å². The standard InChI is InChI=1S/C14H12BrNO3/c1-16(8-10-2-5-12(15)6-3-10)14(18)11-4-7-13(17)19-9-11/h2-7,9H,8H2,1H3. The second-order valence-electron chi connectivity index (χ2n) is 4.13. The van der Waals surface area contributed by atoms with Crippen LogP contribution in [0.3, 0.4) is 0 Å². The van der Waals surface area contributed by atoms with Gasteiger partial charge in [0.15, 0.2) is 0 Å². The molecule has 98 valence electrons. The summed E-state index contributed by atoms with van der Waals surface area (Å²) in [6, 6.07) is 10.4. The molecule has 1 amide bonds. The summed E-state index contributed by atoms with van der Waals surface area (Å²) in [4.78, 5) is 24.5. The average Bonchev–Trinajstić information content (AvgIpc) is 2.41. The molecule has 19 heavy (non-hydrogen) atoms. The molecule has 2 aromatic rings. The van der Waals surface area contributed by atoms with Crippen molar-refractivity contribution in [3.63, 3.8) is 0 Å². The molecule has 1 aromatic carbocycles. The molecular formula is C14H12BrNO3. The van der Waals surface area contributed by atoms with Crippen molar-refractivity contribution in [3.8, 4) is 0 Å². The van der Waals surface area contributed by atoms with Gasteiger partial charge in [-0.05, 0) is 23.8 Å². The van der Waals surface area contributed by atoms with Gasteiger partial charge in [-0.15, -0.1) is 0 Å². The Morgan fingerprint density at radius 3 is 2.47 bits per heavy atom. The van der Waals surface area contributed by atoms with Crippen molar-refractivity contribution in [1.82, 2.24) is 4.90 Å². The van der Waals surface area contributed by atoms with Crippen LogP contribution in [0.2, 0.25) is 0 Å². The summed E-state index contributed by atoms with van der Waals surface area (Å²) in [6.07, 6.45) is 1.18. The van der Waals surface area contributed by atoms with Crippen LogP contribution in [0.15, 0.2) is 56.3 Å². The zero-order valence-corrected chi connectivity index (χ0v) is 11.9. The van der Waals surface area contributed by atoms with Crippen LogP contribution in [0.1, 0.15) is 15.9 Å². The van der Waals surface area contributed by atoms with Crippen LogP contribution in [-0.2, 0) is 6.54 Å². The molecule has 0 saturated heterocycles. The molecule has 0 atom stereocenters. The Labute approximate surface area is 118 Å². The molecule has 0 saturated carbocycles. The lowest BCUT2D eigenvalue weighted by Gasteiger charge is -2.16. The summed E-state index contributed by atoms with van der Waals surface area (Å²) in [5.41, 5.74) is 0.919. The van der Waals surface area contributed by atoms with Crippen molar-refractivity contribution in [1.29, 1.82) is 0 Å². The fraction of sp³-hybridized carbons (Fsp3) is 0.143. The van der Waals surface area contributed by atoms with Crippen LogP contribution in [0.4, 0.5) is 0 Å². The number of rotatable bonds is 3. The predicted molar refractivity (Wildman–Crippen MR) is 74.9 cm³/mol. The van der Waals surface area contributed by atoms with E-state index in [-0.39, 0.29) is 5.91 Å². The lowest BCUT2D eigenvalue weighted by molar-refractivity contribution is 0.0782. The first kappa shape index (κ1) is 13.5. The van der Waals surface area contributed by atoms with E-state index in [1.54, 1.807) is 11.9 Å². The lowest BCUT2D eigenvalue weighted by Crippen LogP contribution is -2.26. The molecule has 0 unspecified atom stereocenters. The van der Waals surface area contributed by atoms with Gasteiger partial charge in [-0.3, -0.25) is 4.79 Å². The largest absolute Gasteiger partial charge is 0.430 e.